The molecule has 2 fully saturated rings. The van der Waals surface area contributed by atoms with Crippen molar-refractivity contribution in [1.82, 2.24) is 0 Å². The predicted molar refractivity (Wildman–Crippen MR) is 54.3 cm³/mol. The smallest absolute Gasteiger partial charge is 0.114 e. The first-order chi connectivity index (χ1) is 6.52. The molecule has 0 spiro atoms. The lowest BCUT2D eigenvalue weighted by molar-refractivity contribution is 0.131. The molecule has 0 aromatic rings. The van der Waals surface area contributed by atoms with Gasteiger partial charge in [-0.3, -0.25) is 0 Å². The molecule has 2 nitrogen and oxygen atoms in total. The molecule has 2 aliphatic rings. The third-order valence-corrected chi connectivity index (χ3v) is 3.16. The number of fused-ring (bicyclic) bond motifs is 2. The number of rotatable bonds is 0. The lowest BCUT2D eigenvalue weighted by atomic mass is 9.84. The molecule has 1 saturated heterocycles. The van der Waals surface area contributed by atoms with Crippen LogP contribution in [0.15, 0.2) is 11.3 Å². The van der Waals surface area contributed by atoms with Crippen LogP contribution in [0, 0.1) is 22.7 Å². The zero-order valence-electron chi connectivity index (χ0n) is 9.13. The van der Waals surface area contributed by atoms with Crippen molar-refractivity contribution in [1.29, 1.82) is 5.26 Å². The van der Waals surface area contributed by atoms with Crippen molar-refractivity contribution in [3.8, 4) is 6.07 Å². The molecule has 14 heavy (non-hydrogen) atoms. The van der Waals surface area contributed by atoms with E-state index in [2.05, 4.69) is 26.8 Å². The Kier molecular flexibility index (Phi) is 2.06. The number of hydrogen-bond donors (Lipinski definition) is 0. The van der Waals surface area contributed by atoms with Crippen LogP contribution in [0.3, 0.4) is 0 Å². The molecule has 0 radical (unpaired) electrons. The van der Waals surface area contributed by atoms with Crippen LogP contribution in [0.4, 0.5) is 0 Å². The molecule has 0 N–H and O–H groups in total. The summed E-state index contributed by atoms with van der Waals surface area (Å²) < 4.78 is 5.80. The van der Waals surface area contributed by atoms with Gasteiger partial charge in [-0.15, -0.1) is 0 Å². The Morgan fingerprint density at radius 3 is 2.50 bits per heavy atom. The summed E-state index contributed by atoms with van der Waals surface area (Å²) in [7, 11) is 0. The van der Waals surface area contributed by atoms with E-state index < -0.39 is 0 Å². The largest absolute Gasteiger partial charge is 0.493 e. The number of nitriles is 1. The Bertz CT molecular complexity index is 316. The van der Waals surface area contributed by atoms with E-state index >= 15 is 0 Å². The predicted octanol–water partition coefficient (Wildman–Crippen LogP) is 3.01. The molecule has 2 atom stereocenters. The molecule has 2 rings (SSSR count). The Morgan fingerprint density at radius 2 is 2.14 bits per heavy atom. The summed E-state index contributed by atoms with van der Waals surface area (Å²) in [4.78, 5) is 0. The van der Waals surface area contributed by atoms with Crippen LogP contribution in [0.5, 0.6) is 0 Å². The van der Waals surface area contributed by atoms with Gasteiger partial charge in [-0.25, -0.2) is 0 Å². The van der Waals surface area contributed by atoms with Crippen molar-refractivity contribution in [2.75, 3.05) is 0 Å². The second kappa shape index (κ2) is 3.02. The van der Waals surface area contributed by atoms with Gasteiger partial charge in [-0.05, 0) is 19.3 Å². The van der Waals surface area contributed by atoms with Crippen molar-refractivity contribution >= 4 is 0 Å². The molecule has 1 aliphatic heterocycles. The third-order valence-electron chi connectivity index (χ3n) is 3.16. The van der Waals surface area contributed by atoms with Crippen molar-refractivity contribution in [2.45, 2.75) is 46.1 Å². The summed E-state index contributed by atoms with van der Waals surface area (Å²) in [6, 6.07) is 2.32. The summed E-state index contributed by atoms with van der Waals surface area (Å²) in [5, 5.41) is 9.16. The average molecular weight is 191 g/mol. The second-order valence-corrected chi connectivity index (χ2v) is 5.35. The van der Waals surface area contributed by atoms with Gasteiger partial charge in [0.05, 0.1) is 17.7 Å². The van der Waals surface area contributed by atoms with Gasteiger partial charge < -0.3 is 4.74 Å². The highest BCUT2D eigenvalue weighted by Crippen LogP contribution is 2.46. The Morgan fingerprint density at radius 1 is 1.43 bits per heavy atom. The van der Waals surface area contributed by atoms with Crippen molar-refractivity contribution in [3.05, 3.63) is 11.3 Å². The summed E-state index contributed by atoms with van der Waals surface area (Å²) in [6.07, 6.45) is 3.93. The Balaban J connectivity index is 2.35. The van der Waals surface area contributed by atoms with Gasteiger partial charge in [0.1, 0.15) is 5.76 Å². The van der Waals surface area contributed by atoms with Gasteiger partial charge in [-0.1, -0.05) is 20.8 Å². The van der Waals surface area contributed by atoms with Crippen LogP contribution >= 0.6 is 0 Å². The fourth-order valence-corrected chi connectivity index (χ4v) is 2.42. The summed E-state index contributed by atoms with van der Waals surface area (Å²) in [6.45, 7) is 6.23. The summed E-state index contributed by atoms with van der Waals surface area (Å²) in [5.74, 6) is 1.53. The van der Waals surface area contributed by atoms with Gasteiger partial charge in [0.2, 0.25) is 0 Å². The highest BCUT2D eigenvalue weighted by molar-refractivity contribution is 5.33. The number of hydrogen-bond acceptors (Lipinski definition) is 2. The van der Waals surface area contributed by atoms with E-state index in [0.29, 0.717) is 12.0 Å². The first-order valence-corrected chi connectivity index (χ1v) is 5.34. The lowest BCUT2D eigenvalue weighted by Crippen LogP contribution is -2.15. The molecule has 1 saturated carbocycles. The molecule has 2 unspecified atom stereocenters. The van der Waals surface area contributed by atoms with Crippen LogP contribution < -0.4 is 0 Å². The van der Waals surface area contributed by atoms with Gasteiger partial charge in [0.25, 0.3) is 0 Å². The van der Waals surface area contributed by atoms with Crippen LogP contribution in [0.1, 0.15) is 40.0 Å². The van der Waals surface area contributed by atoms with Crippen molar-refractivity contribution < 1.29 is 4.74 Å². The first kappa shape index (κ1) is 9.58. The van der Waals surface area contributed by atoms with Crippen LogP contribution in [-0.4, -0.2) is 6.10 Å². The minimum absolute atomic E-state index is 0.0748. The van der Waals surface area contributed by atoms with Gasteiger partial charge in [0, 0.05) is 11.3 Å². The van der Waals surface area contributed by atoms with E-state index in [1.165, 1.54) is 12.8 Å². The fourth-order valence-electron chi connectivity index (χ4n) is 2.42. The molecular formula is C12H17NO. The van der Waals surface area contributed by atoms with Crippen molar-refractivity contribution in [3.63, 3.8) is 0 Å². The summed E-state index contributed by atoms with van der Waals surface area (Å²) >= 11 is 0. The SMILES string of the molecule is CC(C)(C)/C(C#N)=C1\OC2CCC1C2. The number of ether oxygens (including phenoxy) is 1. The number of allylic oxidation sites excluding steroid dienone is 2. The lowest BCUT2D eigenvalue weighted by Gasteiger charge is -2.24. The summed E-state index contributed by atoms with van der Waals surface area (Å²) in [5.41, 5.74) is 0.777. The van der Waals surface area contributed by atoms with Crippen LogP contribution in [0.2, 0.25) is 0 Å². The Labute approximate surface area is 85.6 Å². The molecule has 1 heterocycles. The molecule has 2 heteroatoms. The van der Waals surface area contributed by atoms with Gasteiger partial charge >= 0.3 is 0 Å². The zero-order chi connectivity index (χ0) is 10.3. The zero-order valence-corrected chi connectivity index (χ0v) is 9.13. The van der Waals surface area contributed by atoms with E-state index in [1.807, 2.05) is 0 Å². The van der Waals surface area contributed by atoms with Crippen LogP contribution in [-0.2, 0) is 4.74 Å². The van der Waals surface area contributed by atoms with E-state index in [4.69, 9.17) is 10.00 Å². The highest BCUT2D eigenvalue weighted by Gasteiger charge is 2.41. The first-order valence-electron chi connectivity index (χ1n) is 5.34. The normalized spacial score (nSPS) is 33.9. The molecular weight excluding hydrogens is 174 g/mol. The fraction of sp³-hybridized carbons (Fsp3) is 0.750. The average Bonchev–Trinajstić information content (AvgIpc) is 2.63. The Hall–Kier alpha value is -0.970. The maximum atomic E-state index is 9.16. The van der Waals surface area contributed by atoms with E-state index in [0.717, 1.165) is 17.8 Å². The quantitative estimate of drug-likeness (QED) is 0.551. The van der Waals surface area contributed by atoms with Gasteiger partial charge in [-0.2, -0.15) is 5.26 Å². The van der Waals surface area contributed by atoms with Crippen LogP contribution in [0.25, 0.3) is 0 Å². The molecule has 0 aromatic heterocycles. The van der Waals surface area contributed by atoms with E-state index in [1.54, 1.807) is 0 Å². The molecule has 2 bridgehead atoms. The number of nitrogens with zero attached hydrogens (tertiary/aromatic N) is 1. The maximum absolute atomic E-state index is 9.16. The second-order valence-electron chi connectivity index (χ2n) is 5.35. The minimum atomic E-state index is -0.0748. The maximum Gasteiger partial charge on any atom is 0.114 e. The van der Waals surface area contributed by atoms with Gasteiger partial charge in [0.15, 0.2) is 0 Å². The molecule has 1 aliphatic carbocycles. The molecule has 0 aromatic carbocycles. The third kappa shape index (κ3) is 1.41. The standard InChI is InChI=1S/C12H17NO/c1-12(2,3)10(7-13)11-8-4-5-9(6-8)14-11/h8-9H,4-6H2,1-3H3/b11-10-. The topological polar surface area (TPSA) is 33.0 Å². The minimum Gasteiger partial charge on any atom is -0.493 e. The van der Waals surface area contributed by atoms with Crippen molar-refractivity contribution in [2.24, 2.45) is 11.3 Å². The van der Waals surface area contributed by atoms with E-state index in [9.17, 15) is 0 Å². The molecule has 0 amide bonds. The van der Waals surface area contributed by atoms with E-state index in [-0.39, 0.29) is 5.41 Å². The highest BCUT2D eigenvalue weighted by atomic mass is 16.5. The molecule has 76 valence electrons. The monoisotopic (exact) mass is 191 g/mol.